The molecule has 0 atom stereocenters. The minimum absolute atomic E-state index is 0.114. The fourth-order valence-electron chi connectivity index (χ4n) is 5.97. The number of pyridine rings is 1. The summed E-state index contributed by atoms with van der Waals surface area (Å²) >= 11 is 3.54. The van der Waals surface area contributed by atoms with Gasteiger partial charge < -0.3 is 25.0 Å². The molecule has 0 bridgehead atoms. The zero-order valence-corrected chi connectivity index (χ0v) is 27.7. The van der Waals surface area contributed by atoms with Crippen LogP contribution >= 0.6 is 15.9 Å². The lowest BCUT2D eigenvalue weighted by Gasteiger charge is -2.40. The molecule has 1 fully saturated rings. The highest BCUT2D eigenvalue weighted by Crippen LogP contribution is 2.38. The minimum atomic E-state index is -4.81. The summed E-state index contributed by atoms with van der Waals surface area (Å²) in [5, 5.41) is 22.7. The number of carbonyl (C=O) groups is 2. The number of hydrogen-bond acceptors (Lipinski definition) is 6. The van der Waals surface area contributed by atoms with Crippen molar-refractivity contribution in [3.05, 3.63) is 82.3 Å². The number of carboxylic acid groups (broad SMARTS) is 1. The summed E-state index contributed by atoms with van der Waals surface area (Å²) in [6.45, 7) is 4.06. The van der Waals surface area contributed by atoms with E-state index in [0.29, 0.717) is 31.2 Å². The van der Waals surface area contributed by atoms with Crippen LogP contribution in [0.4, 0.5) is 13.2 Å². The quantitative estimate of drug-likeness (QED) is 0.167. The first kappa shape index (κ1) is 35.5. The van der Waals surface area contributed by atoms with Gasteiger partial charge in [-0.25, -0.2) is 4.98 Å². The summed E-state index contributed by atoms with van der Waals surface area (Å²) in [4.78, 5) is 30.2. The molecule has 0 spiro atoms. The van der Waals surface area contributed by atoms with Gasteiger partial charge in [-0.15, -0.1) is 13.2 Å². The van der Waals surface area contributed by atoms with Crippen LogP contribution in [0, 0.1) is 12.8 Å². The second kappa shape index (κ2) is 15.1. The second-order valence-electron chi connectivity index (χ2n) is 11.5. The third-order valence-corrected chi connectivity index (χ3v) is 8.75. The van der Waals surface area contributed by atoms with Gasteiger partial charge in [0.25, 0.3) is 5.91 Å². The molecule has 0 unspecified atom stereocenters. The second-order valence-corrected chi connectivity index (χ2v) is 12.4. The van der Waals surface area contributed by atoms with Crippen LogP contribution in [0.1, 0.15) is 61.4 Å². The molecule has 4 aromatic rings. The van der Waals surface area contributed by atoms with Gasteiger partial charge in [0, 0.05) is 27.0 Å². The van der Waals surface area contributed by atoms with Gasteiger partial charge in [-0.3, -0.25) is 9.59 Å². The number of alkyl halides is 3. The Bertz CT molecular complexity index is 1720. The number of benzene rings is 3. The van der Waals surface area contributed by atoms with Gasteiger partial charge in [-0.1, -0.05) is 59.6 Å². The molecule has 1 aliphatic rings. The first-order chi connectivity index (χ1) is 22.3. The first-order valence-electron chi connectivity index (χ1n) is 15.1. The highest BCUT2D eigenvalue weighted by atomic mass is 79.9. The third-order valence-electron chi connectivity index (χ3n) is 8.26. The Morgan fingerprint density at radius 2 is 1.74 bits per heavy atom. The molecule has 0 radical (unpaired) electrons. The number of fused-ring (bicyclic) bond motifs is 1. The molecule has 0 saturated heterocycles. The minimum Gasteiger partial charge on any atom is -0.504 e. The molecule has 250 valence electrons. The van der Waals surface area contributed by atoms with Crippen molar-refractivity contribution in [3.8, 4) is 28.5 Å². The summed E-state index contributed by atoms with van der Waals surface area (Å²) in [6.07, 6.45) is -0.510. The average molecular weight is 718 g/mol. The number of phenolic OH excluding ortho intramolecular Hbond substituents is 1. The highest BCUT2D eigenvalue weighted by molar-refractivity contribution is 9.10. The van der Waals surface area contributed by atoms with Crippen LogP contribution in [0.15, 0.2) is 71.2 Å². The number of methoxy groups -OCH3 is 1. The SMILES string of the molecule is CCCC1(NC(=O)c2c(C)c(-c3ccccc3)nc3ccc(Br)cc23)CCC(C(=O)O)CC1.COc1ccc(OC(F)(F)F)c(O)c1. The molecule has 1 aliphatic carbocycles. The van der Waals surface area contributed by atoms with Crippen molar-refractivity contribution in [2.75, 3.05) is 7.11 Å². The molecular weight excluding hydrogens is 681 g/mol. The Labute approximate surface area is 279 Å². The van der Waals surface area contributed by atoms with Gasteiger partial charge in [0.1, 0.15) is 5.75 Å². The lowest BCUT2D eigenvalue weighted by Crippen LogP contribution is -2.51. The van der Waals surface area contributed by atoms with E-state index in [1.54, 1.807) is 0 Å². The number of phenols is 1. The topological polar surface area (TPSA) is 118 Å². The van der Waals surface area contributed by atoms with E-state index in [1.165, 1.54) is 13.2 Å². The van der Waals surface area contributed by atoms with Crippen molar-refractivity contribution < 1.29 is 42.4 Å². The molecule has 3 N–H and O–H groups in total. The van der Waals surface area contributed by atoms with Crippen molar-refractivity contribution in [2.24, 2.45) is 5.92 Å². The normalized spacial score (nSPS) is 17.7. The van der Waals surface area contributed by atoms with Crippen molar-refractivity contribution in [3.63, 3.8) is 0 Å². The summed E-state index contributed by atoms with van der Waals surface area (Å²) in [5.74, 6) is -2.20. The van der Waals surface area contributed by atoms with E-state index in [0.717, 1.165) is 57.2 Å². The summed E-state index contributed by atoms with van der Waals surface area (Å²) in [5.41, 5.74) is 3.64. The lowest BCUT2D eigenvalue weighted by atomic mass is 9.74. The number of aromatic nitrogens is 1. The Kier molecular flexibility index (Phi) is 11.4. The van der Waals surface area contributed by atoms with Crippen LogP contribution in [0.2, 0.25) is 0 Å². The molecule has 47 heavy (non-hydrogen) atoms. The Balaban J connectivity index is 0.000000300. The maximum absolute atomic E-state index is 13.9. The number of nitrogens with one attached hydrogen (secondary N) is 1. The average Bonchev–Trinajstić information content (AvgIpc) is 3.02. The Hall–Kier alpha value is -4.32. The number of carbonyl (C=O) groups excluding carboxylic acids is 1. The number of aliphatic carboxylic acids is 1. The largest absolute Gasteiger partial charge is 0.573 e. The Morgan fingerprint density at radius 1 is 1.06 bits per heavy atom. The van der Waals surface area contributed by atoms with E-state index < -0.39 is 23.8 Å². The molecule has 5 rings (SSSR count). The van der Waals surface area contributed by atoms with Gasteiger partial charge in [-0.2, -0.15) is 0 Å². The van der Waals surface area contributed by atoms with Crippen molar-refractivity contribution in [2.45, 2.75) is 64.3 Å². The number of amides is 1. The Morgan fingerprint density at radius 3 is 2.32 bits per heavy atom. The van der Waals surface area contributed by atoms with E-state index >= 15 is 0 Å². The lowest BCUT2D eigenvalue weighted by molar-refractivity contribution is -0.275. The molecule has 1 saturated carbocycles. The van der Waals surface area contributed by atoms with Gasteiger partial charge in [0.15, 0.2) is 11.5 Å². The molecule has 1 amide bonds. The zero-order chi connectivity index (χ0) is 34.4. The van der Waals surface area contributed by atoms with Gasteiger partial charge >= 0.3 is 12.3 Å². The van der Waals surface area contributed by atoms with Crippen LogP contribution in [0.25, 0.3) is 22.2 Å². The maximum Gasteiger partial charge on any atom is 0.573 e. The number of nitrogens with zero attached hydrogens (tertiary/aromatic N) is 1. The van der Waals surface area contributed by atoms with E-state index in [1.807, 2.05) is 55.5 Å². The first-order valence-corrected chi connectivity index (χ1v) is 15.9. The predicted molar refractivity (Wildman–Crippen MR) is 176 cm³/mol. The fourth-order valence-corrected chi connectivity index (χ4v) is 6.33. The van der Waals surface area contributed by atoms with Crippen LogP contribution < -0.4 is 14.8 Å². The van der Waals surface area contributed by atoms with E-state index in [2.05, 4.69) is 37.6 Å². The monoisotopic (exact) mass is 716 g/mol. The van der Waals surface area contributed by atoms with Gasteiger partial charge in [0.05, 0.1) is 29.8 Å². The summed E-state index contributed by atoms with van der Waals surface area (Å²) in [7, 11) is 1.33. The highest BCUT2D eigenvalue weighted by Gasteiger charge is 2.39. The molecule has 8 nitrogen and oxygen atoms in total. The number of aromatic hydroxyl groups is 1. The molecule has 1 heterocycles. The van der Waals surface area contributed by atoms with E-state index in [4.69, 9.17) is 10.1 Å². The van der Waals surface area contributed by atoms with Gasteiger partial charge in [-0.05, 0) is 74.9 Å². The zero-order valence-electron chi connectivity index (χ0n) is 26.2. The van der Waals surface area contributed by atoms with Crippen LogP contribution in [0.3, 0.4) is 0 Å². The van der Waals surface area contributed by atoms with Crippen molar-refractivity contribution >= 4 is 38.7 Å². The van der Waals surface area contributed by atoms with Crippen LogP contribution in [-0.4, -0.2) is 46.1 Å². The summed E-state index contributed by atoms with van der Waals surface area (Å²) in [6, 6.07) is 19.0. The van der Waals surface area contributed by atoms with Crippen molar-refractivity contribution in [1.29, 1.82) is 0 Å². The maximum atomic E-state index is 13.9. The number of rotatable bonds is 8. The fraction of sp³-hybridized carbons (Fsp3) is 0.343. The molecule has 1 aromatic heterocycles. The smallest absolute Gasteiger partial charge is 0.504 e. The van der Waals surface area contributed by atoms with Crippen molar-refractivity contribution in [1.82, 2.24) is 10.3 Å². The summed E-state index contributed by atoms with van der Waals surface area (Å²) < 4.78 is 44.3. The number of carboxylic acids is 1. The van der Waals surface area contributed by atoms with Gasteiger partial charge in [0.2, 0.25) is 0 Å². The predicted octanol–water partition coefficient (Wildman–Crippen LogP) is 8.82. The number of ether oxygens (including phenoxy) is 2. The van der Waals surface area contributed by atoms with Crippen LogP contribution in [0.5, 0.6) is 17.2 Å². The molecule has 3 aromatic carbocycles. The third kappa shape index (κ3) is 8.94. The molecular formula is C35H36BrF3N2O6. The van der Waals surface area contributed by atoms with E-state index in [-0.39, 0.29) is 23.1 Å². The standard InChI is InChI=1S/C27H29BrN2O3.C8H7F3O3/c1-3-13-27(14-11-19(12-15-27)26(32)33)30-25(31)23-17(2)24(18-7-5-4-6-8-18)29-22-10-9-20(28)16-21(22)23;1-13-5-2-3-7(6(12)4-5)14-8(9,10)11/h4-10,16,19H,3,11-15H2,1-2H3,(H,30,31)(H,32,33);2-4,12H,1H3. The van der Waals surface area contributed by atoms with E-state index in [9.17, 15) is 27.9 Å². The number of hydrogen-bond donors (Lipinski definition) is 3. The molecule has 12 heteroatoms. The number of halogens is 4. The van der Waals surface area contributed by atoms with Crippen LogP contribution in [-0.2, 0) is 4.79 Å². The molecule has 0 aliphatic heterocycles.